The van der Waals surface area contributed by atoms with Crippen molar-refractivity contribution in [3.8, 4) is 17.0 Å². The Morgan fingerprint density at radius 3 is 2.50 bits per heavy atom. The van der Waals surface area contributed by atoms with E-state index in [-0.39, 0.29) is 23.6 Å². The standard InChI is InChI=1S/C24H24F3N3O2/c1-5-20-22-17(23(29(3)28-22)15-11-18(25)21(27)19(26)12-15)9-13(2)30(20)24(31)14-7-6-8-16(10-14)32-4/h6-8,10-13,20H,5,9H2,1-4H3. The van der Waals surface area contributed by atoms with Gasteiger partial charge >= 0.3 is 0 Å². The van der Waals surface area contributed by atoms with Crippen molar-refractivity contribution in [2.24, 2.45) is 7.05 Å². The Labute approximate surface area is 184 Å². The van der Waals surface area contributed by atoms with Gasteiger partial charge in [-0.2, -0.15) is 5.10 Å². The van der Waals surface area contributed by atoms with Gasteiger partial charge in [0.05, 0.1) is 24.5 Å². The number of rotatable bonds is 4. The summed E-state index contributed by atoms with van der Waals surface area (Å²) >= 11 is 0. The molecule has 32 heavy (non-hydrogen) atoms. The largest absolute Gasteiger partial charge is 0.497 e. The summed E-state index contributed by atoms with van der Waals surface area (Å²) in [6.07, 6.45) is 1.06. The average Bonchev–Trinajstić information content (AvgIpc) is 3.10. The van der Waals surface area contributed by atoms with Crippen molar-refractivity contribution in [1.82, 2.24) is 14.7 Å². The molecule has 0 bridgehead atoms. The summed E-state index contributed by atoms with van der Waals surface area (Å²) in [7, 11) is 3.23. The van der Waals surface area contributed by atoms with Crippen molar-refractivity contribution >= 4 is 5.91 Å². The molecule has 0 radical (unpaired) electrons. The number of benzene rings is 2. The molecule has 1 amide bonds. The van der Waals surface area contributed by atoms with Gasteiger partial charge in [0, 0.05) is 29.8 Å². The Bertz CT molecular complexity index is 1170. The van der Waals surface area contributed by atoms with Crippen molar-refractivity contribution in [3.05, 3.63) is 70.7 Å². The van der Waals surface area contributed by atoms with Crippen LogP contribution in [0.25, 0.3) is 11.3 Å². The smallest absolute Gasteiger partial charge is 0.254 e. The molecule has 0 spiro atoms. The van der Waals surface area contributed by atoms with Crippen molar-refractivity contribution < 1.29 is 22.7 Å². The fraction of sp³-hybridized carbons (Fsp3) is 0.333. The zero-order valence-corrected chi connectivity index (χ0v) is 18.3. The first-order chi connectivity index (χ1) is 15.3. The molecule has 4 rings (SSSR count). The van der Waals surface area contributed by atoms with Gasteiger partial charge in [0.2, 0.25) is 0 Å². The zero-order valence-electron chi connectivity index (χ0n) is 18.3. The van der Waals surface area contributed by atoms with E-state index in [9.17, 15) is 18.0 Å². The Hall–Kier alpha value is -3.29. The van der Waals surface area contributed by atoms with E-state index in [1.807, 2.05) is 13.8 Å². The number of halogens is 3. The molecule has 2 heterocycles. The molecule has 0 saturated heterocycles. The van der Waals surface area contributed by atoms with E-state index < -0.39 is 17.5 Å². The molecule has 0 aliphatic carbocycles. The number of carbonyl (C=O) groups excluding carboxylic acids is 1. The van der Waals surface area contributed by atoms with Crippen LogP contribution >= 0.6 is 0 Å². The second kappa shape index (κ2) is 8.33. The molecule has 1 aliphatic heterocycles. The van der Waals surface area contributed by atoms with E-state index >= 15 is 0 Å². The number of aryl methyl sites for hydroxylation is 1. The van der Waals surface area contributed by atoms with Gasteiger partial charge in [-0.25, -0.2) is 13.2 Å². The molecule has 168 valence electrons. The third-order valence-corrected chi connectivity index (χ3v) is 6.00. The average molecular weight is 443 g/mol. The lowest BCUT2D eigenvalue weighted by Crippen LogP contribution is -2.45. The summed E-state index contributed by atoms with van der Waals surface area (Å²) < 4.78 is 48.1. The van der Waals surface area contributed by atoms with E-state index in [0.29, 0.717) is 35.5 Å². The lowest BCUT2D eigenvalue weighted by molar-refractivity contribution is 0.0544. The Balaban J connectivity index is 1.79. The van der Waals surface area contributed by atoms with Gasteiger partial charge in [0.15, 0.2) is 17.5 Å². The van der Waals surface area contributed by atoms with Gasteiger partial charge in [-0.1, -0.05) is 13.0 Å². The van der Waals surface area contributed by atoms with Gasteiger partial charge in [-0.15, -0.1) is 0 Å². The third-order valence-electron chi connectivity index (χ3n) is 6.00. The van der Waals surface area contributed by atoms with Crippen LogP contribution in [-0.2, 0) is 13.5 Å². The van der Waals surface area contributed by atoms with E-state index in [2.05, 4.69) is 5.10 Å². The first kappa shape index (κ1) is 21.9. The van der Waals surface area contributed by atoms with Crippen LogP contribution in [0.5, 0.6) is 5.75 Å². The van der Waals surface area contributed by atoms with Gasteiger partial charge < -0.3 is 9.64 Å². The summed E-state index contributed by atoms with van der Waals surface area (Å²) in [5.41, 5.74) is 2.75. The minimum atomic E-state index is -1.50. The third kappa shape index (κ3) is 3.53. The van der Waals surface area contributed by atoms with Crippen molar-refractivity contribution in [3.63, 3.8) is 0 Å². The van der Waals surface area contributed by atoms with Crippen LogP contribution in [0.3, 0.4) is 0 Å². The van der Waals surface area contributed by atoms with Gasteiger partial charge in [0.25, 0.3) is 5.91 Å². The Morgan fingerprint density at radius 2 is 1.88 bits per heavy atom. The monoisotopic (exact) mass is 443 g/mol. The molecule has 5 nitrogen and oxygen atoms in total. The second-order valence-electron chi connectivity index (χ2n) is 8.01. The van der Waals surface area contributed by atoms with Crippen LogP contribution in [-0.4, -0.2) is 33.7 Å². The van der Waals surface area contributed by atoms with E-state index in [1.54, 1.807) is 48.0 Å². The molecule has 0 saturated carbocycles. The zero-order chi connectivity index (χ0) is 23.2. The summed E-state index contributed by atoms with van der Waals surface area (Å²) in [4.78, 5) is 15.2. The molecular formula is C24H24F3N3O2. The normalized spacial score (nSPS) is 17.9. The molecule has 0 fully saturated rings. The molecular weight excluding hydrogens is 419 g/mol. The highest BCUT2D eigenvalue weighted by atomic mass is 19.2. The second-order valence-corrected chi connectivity index (χ2v) is 8.01. The molecule has 2 unspecified atom stereocenters. The van der Waals surface area contributed by atoms with E-state index in [1.165, 1.54) is 0 Å². The minimum Gasteiger partial charge on any atom is -0.497 e. The maximum atomic E-state index is 13.9. The fourth-order valence-electron chi connectivity index (χ4n) is 4.58. The number of ether oxygens (including phenoxy) is 1. The van der Waals surface area contributed by atoms with Crippen LogP contribution in [0.4, 0.5) is 13.2 Å². The molecule has 8 heteroatoms. The number of carbonyl (C=O) groups is 1. The highest BCUT2D eigenvalue weighted by molar-refractivity contribution is 5.95. The maximum Gasteiger partial charge on any atom is 0.254 e. The van der Waals surface area contributed by atoms with Crippen molar-refractivity contribution in [2.75, 3.05) is 7.11 Å². The number of methoxy groups -OCH3 is 1. The minimum absolute atomic E-state index is 0.139. The van der Waals surface area contributed by atoms with Crippen molar-refractivity contribution in [1.29, 1.82) is 0 Å². The van der Waals surface area contributed by atoms with E-state index in [0.717, 1.165) is 17.7 Å². The first-order valence-electron chi connectivity index (χ1n) is 10.4. The highest BCUT2D eigenvalue weighted by Crippen LogP contribution is 2.40. The predicted octanol–water partition coefficient (Wildman–Crippen LogP) is 5.05. The fourth-order valence-corrected chi connectivity index (χ4v) is 4.58. The van der Waals surface area contributed by atoms with Crippen LogP contribution in [0, 0.1) is 17.5 Å². The maximum absolute atomic E-state index is 13.9. The lowest BCUT2D eigenvalue weighted by Gasteiger charge is -2.40. The molecule has 2 aromatic carbocycles. The number of hydrogen-bond acceptors (Lipinski definition) is 3. The van der Waals surface area contributed by atoms with Crippen LogP contribution in [0.1, 0.15) is 47.9 Å². The van der Waals surface area contributed by atoms with Gasteiger partial charge in [0.1, 0.15) is 5.75 Å². The van der Waals surface area contributed by atoms with Crippen LogP contribution in [0.2, 0.25) is 0 Å². The topological polar surface area (TPSA) is 47.4 Å². The molecule has 3 aromatic rings. The number of nitrogens with zero attached hydrogens (tertiary/aromatic N) is 3. The SMILES string of the molecule is CCC1c2nn(C)c(-c3cc(F)c(F)c(F)c3)c2CC(C)N1C(=O)c1cccc(OC)c1. The number of aromatic nitrogens is 2. The predicted molar refractivity (Wildman–Crippen MR) is 114 cm³/mol. The lowest BCUT2D eigenvalue weighted by atomic mass is 9.89. The number of fused-ring (bicyclic) bond motifs is 1. The quantitative estimate of drug-likeness (QED) is 0.530. The molecule has 0 N–H and O–H groups in total. The number of hydrogen-bond donors (Lipinski definition) is 0. The summed E-state index contributed by atoms with van der Waals surface area (Å²) in [6.45, 7) is 3.90. The van der Waals surface area contributed by atoms with Crippen LogP contribution in [0.15, 0.2) is 36.4 Å². The summed E-state index contributed by atoms with van der Waals surface area (Å²) in [6, 6.07) is 8.44. The highest BCUT2D eigenvalue weighted by Gasteiger charge is 2.39. The molecule has 1 aromatic heterocycles. The Morgan fingerprint density at radius 1 is 1.19 bits per heavy atom. The van der Waals surface area contributed by atoms with Crippen LogP contribution < -0.4 is 4.74 Å². The summed E-state index contributed by atoms with van der Waals surface area (Å²) in [5, 5.41) is 4.62. The van der Waals surface area contributed by atoms with Crippen molar-refractivity contribution in [2.45, 2.75) is 38.8 Å². The first-order valence-corrected chi connectivity index (χ1v) is 10.4. The summed E-state index contributed by atoms with van der Waals surface area (Å²) in [5.74, 6) is -3.55. The van der Waals surface area contributed by atoms with Gasteiger partial charge in [-0.05, 0) is 50.1 Å². The Kier molecular flexibility index (Phi) is 5.71. The number of amides is 1. The molecule has 2 atom stereocenters. The van der Waals surface area contributed by atoms with Gasteiger partial charge in [-0.3, -0.25) is 9.48 Å². The molecule has 1 aliphatic rings. The van der Waals surface area contributed by atoms with E-state index in [4.69, 9.17) is 4.74 Å².